The van der Waals surface area contributed by atoms with Crippen molar-refractivity contribution in [2.24, 2.45) is 0 Å². The summed E-state index contributed by atoms with van der Waals surface area (Å²) >= 11 is 0. The molecule has 36 heavy (non-hydrogen) atoms. The molecular formula is C25H22N6O5. The lowest BCUT2D eigenvalue weighted by molar-refractivity contribution is -0.136. The smallest absolute Gasteiger partial charge is 0.273 e. The Labute approximate surface area is 205 Å². The molecule has 1 aromatic heterocycles. The number of hydrogen-bond donors (Lipinski definition) is 2. The summed E-state index contributed by atoms with van der Waals surface area (Å²) in [6.07, 6.45) is 2.86. The number of benzene rings is 2. The first kappa shape index (κ1) is 22.0. The van der Waals surface area contributed by atoms with Gasteiger partial charge in [-0.3, -0.25) is 24.5 Å². The van der Waals surface area contributed by atoms with Gasteiger partial charge in [0, 0.05) is 37.1 Å². The fraction of sp³-hybridized carbons (Fsp3) is 0.280. The Hall–Kier alpha value is -4.54. The molecule has 1 saturated heterocycles. The fourth-order valence-corrected chi connectivity index (χ4v) is 4.87. The SMILES string of the molecule is O=C1CCC(N2Cc3ccc(-n4cc(C(=O)NCc5cccc6c5OCC6)nn4)cc3C2=O)C(=O)N1. The van der Waals surface area contributed by atoms with E-state index in [-0.39, 0.29) is 29.8 Å². The van der Waals surface area contributed by atoms with Crippen molar-refractivity contribution in [1.82, 2.24) is 30.5 Å². The molecule has 182 valence electrons. The van der Waals surface area contributed by atoms with Crippen molar-refractivity contribution in [3.05, 3.63) is 70.5 Å². The van der Waals surface area contributed by atoms with Crippen molar-refractivity contribution in [3.8, 4) is 11.4 Å². The highest BCUT2D eigenvalue weighted by Gasteiger charge is 2.39. The average molecular weight is 486 g/mol. The lowest BCUT2D eigenvalue weighted by Crippen LogP contribution is -2.52. The van der Waals surface area contributed by atoms with Crippen LogP contribution in [0.3, 0.4) is 0 Å². The van der Waals surface area contributed by atoms with Gasteiger partial charge in [-0.05, 0) is 29.7 Å². The number of ether oxygens (including phenoxy) is 1. The second kappa shape index (κ2) is 8.59. The molecule has 6 rings (SSSR count). The Bertz CT molecular complexity index is 1430. The number of fused-ring (bicyclic) bond motifs is 2. The number of para-hydroxylation sites is 1. The predicted octanol–water partition coefficient (Wildman–Crippen LogP) is 0.893. The normalized spacial score (nSPS) is 18.5. The molecule has 0 bridgehead atoms. The van der Waals surface area contributed by atoms with Gasteiger partial charge in [0.25, 0.3) is 11.8 Å². The van der Waals surface area contributed by atoms with Crippen LogP contribution in [0.1, 0.15) is 50.4 Å². The van der Waals surface area contributed by atoms with E-state index < -0.39 is 11.9 Å². The number of aromatic nitrogens is 3. The Morgan fingerprint density at radius 1 is 1.14 bits per heavy atom. The van der Waals surface area contributed by atoms with Crippen LogP contribution in [0, 0.1) is 0 Å². The molecule has 1 atom stereocenters. The van der Waals surface area contributed by atoms with Crippen molar-refractivity contribution >= 4 is 23.6 Å². The number of piperidine rings is 1. The molecule has 4 heterocycles. The molecule has 1 unspecified atom stereocenters. The van der Waals surface area contributed by atoms with Crippen molar-refractivity contribution in [3.63, 3.8) is 0 Å². The zero-order valence-electron chi connectivity index (χ0n) is 19.2. The van der Waals surface area contributed by atoms with Crippen LogP contribution in [-0.4, -0.2) is 56.2 Å². The third kappa shape index (κ3) is 3.78. The van der Waals surface area contributed by atoms with Crippen LogP contribution in [0.15, 0.2) is 42.6 Å². The number of carbonyl (C=O) groups is 4. The highest BCUT2D eigenvalue weighted by atomic mass is 16.5. The van der Waals surface area contributed by atoms with E-state index in [4.69, 9.17) is 4.74 Å². The minimum Gasteiger partial charge on any atom is -0.493 e. The van der Waals surface area contributed by atoms with E-state index in [2.05, 4.69) is 20.9 Å². The second-order valence-corrected chi connectivity index (χ2v) is 8.98. The van der Waals surface area contributed by atoms with Gasteiger partial charge >= 0.3 is 0 Å². The first-order valence-corrected chi connectivity index (χ1v) is 11.7. The van der Waals surface area contributed by atoms with Crippen molar-refractivity contribution < 1.29 is 23.9 Å². The van der Waals surface area contributed by atoms with Gasteiger partial charge in [0.15, 0.2) is 5.69 Å². The number of amides is 4. The molecule has 11 heteroatoms. The van der Waals surface area contributed by atoms with Gasteiger partial charge in [-0.1, -0.05) is 29.5 Å². The number of imide groups is 1. The zero-order valence-corrected chi connectivity index (χ0v) is 19.2. The standard InChI is InChI=1S/C25H22N6O5/c32-21-7-6-20(24(34)27-21)30-12-16-4-5-17(10-18(16)25(30)35)31-13-19(28-29-31)23(33)26-11-15-3-1-2-14-8-9-36-22(14)15/h1-5,10,13,20H,6-9,11-12H2,(H,26,33)(H,27,32,34). The quantitative estimate of drug-likeness (QED) is 0.512. The average Bonchev–Trinajstić information content (AvgIpc) is 3.62. The molecule has 4 amide bonds. The summed E-state index contributed by atoms with van der Waals surface area (Å²) in [5.41, 5.74) is 3.98. The Kier molecular flexibility index (Phi) is 5.24. The van der Waals surface area contributed by atoms with Gasteiger partial charge in [-0.25, -0.2) is 4.68 Å². The summed E-state index contributed by atoms with van der Waals surface area (Å²) in [5.74, 6) is -0.605. The molecule has 0 saturated carbocycles. The van der Waals surface area contributed by atoms with Gasteiger partial charge in [0.2, 0.25) is 11.8 Å². The predicted molar refractivity (Wildman–Crippen MR) is 124 cm³/mol. The topological polar surface area (TPSA) is 136 Å². The number of rotatable bonds is 5. The minimum atomic E-state index is -0.677. The van der Waals surface area contributed by atoms with Crippen molar-refractivity contribution in [2.75, 3.05) is 6.61 Å². The Morgan fingerprint density at radius 3 is 2.89 bits per heavy atom. The Morgan fingerprint density at radius 2 is 2.03 bits per heavy atom. The third-order valence-corrected chi connectivity index (χ3v) is 6.74. The highest BCUT2D eigenvalue weighted by Crippen LogP contribution is 2.30. The maximum absolute atomic E-state index is 13.1. The molecule has 0 spiro atoms. The van der Waals surface area contributed by atoms with Crippen molar-refractivity contribution in [1.29, 1.82) is 0 Å². The van der Waals surface area contributed by atoms with Crippen LogP contribution in [-0.2, 0) is 29.1 Å². The number of nitrogens with one attached hydrogen (secondary N) is 2. The highest BCUT2D eigenvalue weighted by molar-refractivity contribution is 6.05. The maximum atomic E-state index is 13.1. The first-order chi connectivity index (χ1) is 17.5. The van der Waals surface area contributed by atoms with E-state index in [9.17, 15) is 19.2 Å². The van der Waals surface area contributed by atoms with Crippen LogP contribution in [0.5, 0.6) is 5.75 Å². The van der Waals surface area contributed by atoms with Crippen molar-refractivity contribution in [2.45, 2.75) is 38.4 Å². The molecule has 3 aliphatic rings. The summed E-state index contributed by atoms with van der Waals surface area (Å²) < 4.78 is 7.11. The summed E-state index contributed by atoms with van der Waals surface area (Å²) in [4.78, 5) is 50.9. The number of hydrogen-bond acceptors (Lipinski definition) is 7. The lowest BCUT2D eigenvalue weighted by atomic mass is 10.0. The van der Waals surface area contributed by atoms with E-state index in [1.54, 1.807) is 18.2 Å². The van der Waals surface area contributed by atoms with E-state index in [0.717, 1.165) is 28.9 Å². The van der Waals surface area contributed by atoms with E-state index in [0.29, 0.717) is 37.4 Å². The minimum absolute atomic E-state index is 0.139. The summed E-state index contributed by atoms with van der Waals surface area (Å²) in [5, 5.41) is 13.2. The number of nitrogens with zero attached hydrogens (tertiary/aromatic N) is 4. The van der Waals surface area contributed by atoms with Crippen LogP contribution in [0.4, 0.5) is 0 Å². The van der Waals surface area contributed by atoms with Crippen LogP contribution in [0.25, 0.3) is 5.69 Å². The molecule has 0 aliphatic carbocycles. The van der Waals surface area contributed by atoms with E-state index >= 15 is 0 Å². The lowest BCUT2D eigenvalue weighted by Gasteiger charge is -2.29. The molecule has 11 nitrogen and oxygen atoms in total. The van der Waals surface area contributed by atoms with Gasteiger partial charge in [-0.2, -0.15) is 0 Å². The zero-order chi connectivity index (χ0) is 24.8. The summed E-state index contributed by atoms with van der Waals surface area (Å²) in [6.45, 7) is 1.24. The largest absolute Gasteiger partial charge is 0.493 e. The molecule has 3 aliphatic heterocycles. The van der Waals surface area contributed by atoms with Crippen LogP contribution in [0.2, 0.25) is 0 Å². The van der Waals surface area contributed by atoms with Gasteiger partial charge in [0.1, 0.15) is 11.8 Å². The monoisotopic (exact) mass is 486 g/mol. The summed E-state index contributed by atoms with van der Waals surface area (Å²) in [6, 6.07) is 10.5. The van der Waals surface area contributed by atoms with Gasteiger partial charge in [-0.15, -0.1) is 5.10 Å². The number of carbonyl (C=O) groups excluding carboxylic acids is 4. The maximum Gasteiger partial charge on any atom is 0.273 e. The van der Waals surface area contributed by atoms with Crippen LogP contribution < -0.4 is 15.4 Å². The molecule has 2 N–H and O–H groups in total. The molecular weight excluding hydrogens is 464 g/mol. The summed E-state index contributed by atoms with van der Waals surface area (Å²) in [7, 11) is 0. The van der Waals surface area contributed by atoms with Crippen LogP contribution >= 0.6 is 0 Å². The molecule has 0 radical (unpaired) electrons. The van der Waals surface area contributed by atoms with E-state index in [1.165, 1.54) is 15.8 Å². The molecule has 2 aromatic carbocycles. The first-order valence-electron chi connectivity index (χ1n) is 11.7. The van der Waals surface area contributed by atoms with E-state index in [1.807, 2.05) is 18.2 Å². The second-order valence-electron chi connectivity index (χ2n) is 8.98. The fourth-order valence-electron chi connectivity index (χ4n) is 4.87. The van der Waals surface area contributed by atoms with Gasteiger partial charge < -0.3 is 15.0 Å². The molecule has 1 fully saturated rings. The van der Waals surface area contributed by atoms with Gasteiger partial charge in [0.05, 0.1) is 18.5 Å². The third-order valence-electron chi connectivity index (χ3n) is 6.74. The Balaban J connectivity index is 1.15. The molecule has 3 aromatic rings.